The molecule has 1 saturated heterocycles. The lowest BCUT2D eigenvalue weighted by atomic mass is 10.2. The zero-order valence-electron chi connectivity index (χ0n) is 14.5. The van der Waals surface area contributed by atoms with Crippen LogP contribution in [-0.2, 0) is 9.53 Å². The molecule has 2 atom stereocenters. The molecule has 23 heavy (non-hydrogen) atoms. The molecule has 5 nitrogen and oxygen atoms in total. The normalized spacial score (nSPS) is 18.5. The Morgan fingerprint density at radius 3 is 2.43 bits per heavy atom. The van der Waals surface area contributed by atoms with Gasteiger partial charge in [0.25, 0.3) is 0 Å². The van der Waals surface area contributed by atoms with E-state index in [1.807, 2.05) is 13.0 Å². The predicted octanol–water partition coefficient (Wildman–Crippen LogP) is 1.74. The number of hydrogen-bond acceptors (Lipinski definition) is 4. The molecule has 1 fully saturated rings. The Hall–Kier alpha value is -1.59. The van der Waals surface area contributed by atoms with Crippen molar-refractivity contribution in [2.75, 3.05) is 44.2 Å². The molecule has 0 spiro atoms. The van der Waals surface area contributed by atoms with E-state index >= 15 is 0 Å². The van der Waals surface area contributed by atoms with Gasteiger partial charge in [-0.15, -0.1) is 0 Å². The molecular formula is C18H29N3O2. The highest BCUT2D eigenvalue weighted by molar-refractivity contribution is 5.80. The highest BCUT2D eigenvalue weighted by Crippen LogP contribution is 2.15. The average molecular weight is 319 g/mol. The van der Waals surface area contributed by atoms with Gasteiger partial charge in [-0.2, -0.15) is 0 Å². The number of rotatable bonds is 7. The maximum absolute atomic E-state index is 12.0. The van der Waals surface area contributed by atoms with Gasteiger partial charge in [-0.25, -0.2) is 0 Å². The van der Waals surface area contributed by atoms with E-state index < -0.39 is 0 Å². The average Bonchev–Trinajstić information content (AvgIpc) is 2.56. The standard InChI is InChI=1S/C18H29N3O2/c1-4-23-16(3)18(22)19-15(2)14-20-10-12-21(13-11-20)17-8-6-5-7-9-17/h5-9,15-16H,4,10-14H2,1-3H3,(H,19,22)/t15-,16+/m1/s1. The molecule has 1 N–H and O–H groups in total. The Labute approximate surface area is 139 Å². The second kappa shape index (κ2) is 8.89. The van der Waals surface area contributed by atoms with E-state index in [9.17, 15) is 4.79 Å². The van der Waals surface area contributed by atoms with Crippen molar-refractivity contribution in [1.29, 1.82) is 0 Å². The third kappa shape index (κ3) is 5.52. The van der Waals surface area contributed by atoms with Crippen molar-refractivity contribution in [3.63, 3.8) is 0 Å². The summed E-state index contributed by atoms with van der Waals surface area (Å²) in [5.74, 6) is -0.0257. The topological polar surface area (TPSA) is 44.8 Å². The largest absolute Gasteiger partial charge is 0.369 e. The van der Waals surface area contributed by atoms with Crippen molar-refractivity contribution in [3.8, 4) is 0 Å². The van der Waals surface area contributed by atoms with E-state index in [0.717, 1.165) is 32.7 Å². The van der Waals surface area contributed by atoms with E-state index in [-0.39, 0.29) is 18.1 Å². The summed E-state index contributed by atoms with van der Waals surface area (Å²) in [6.45, 7) is 11.3. The first-order valence-electron chi connectivity index (χ1n) is 8.54. The molecule has 0 bridgehead atoms. The first kappa shape index (κ1) is 17.8. The van der Waals surface area contributed by atoms with Crippen molar-refractivity contribution in [2.24, 2.45) is 0 Å². The highest BCUT2D eigenvalue weighted by atomic mass is 16.5. The number of nitrogens with one attached hydrogen (secondary N) is 1. The zero-order chi connectivity index (χ0) is 16.7. The third-order valence-electron chi connectivity index (χ3n) is 4.20. The second-order valence-corrected chi connectivity index (χ2v) is 6.13. The van der Waals surface area contributed by atoms with Crippen molar-refractivity contribution in [1.82, 2.24) is 10.2 Å². The molecule has 1 aliphatic heterocycles. The summed E-state index contributed by atoms with van der Waals surface area (Å²) in [5.41, 5.74) is 1.29. The van der Waals surface area contributed by atoms with Crippen LogP contribution in [0.25, 0.3) is 0 Å². The molecule has 0 radical (unpaired) electrons. The van der Waals surface area contributed by atoms with Gasteiger partial charge in [0, 0.05) is 51.1 Å². The number of benzene rings is 1. The molecule has 128 valence electrons. The van der Waals surface area contributed by atoms with Gasteiger partial charge in [-0.1, -0.05) is 18.2 Å². The lowest BCUT2D eigenvalue weighted by Gasteiger charge is -2.37. The summed E-state index contributed by atoms with van der Waals surface area (Å²) in [7, 11) is 0. The molecule has 1 aromatic carbocycles. The van der Waals surface area contributed by atoms with E-state index in [1.54, 1.807) is 6.92 Å². The maximum atomic E-state index is 12.0. The number of anilines is 1. The Morgan fingerprint density at radius 2 is 1.83 bits per heavy atom. The van der Waals surface area contributed by atoms with Gasteiger partial charge in [0.2, 0.25) is 5.91 Å². The lowest BCUT2D eigenvalue weighted by Crippen LogP contribution is -2.51. The van der Waals surface area contributed by atoms with Crippen LogP contribution in [0.4, 0.5) is 5.69 Å². The molecule has 1 heterocycles. The number of carbonyl (C=O) groups is 1. The first-order valence-corrected chi connectivity index (χ1v) is 8.54. The first-order chi connectivity index (χ1) is 11.1. The molecule has 2 rings (SSSR count). The van der Waals surface area contributed by atoms with Crippen LogP contribution in [0, 0.1) is 0 Å². The molecule has 5 heteroatoms. The van der Waals surface area contributed by atoms with Crippen molar-refractivity contribution < 1.29 is 9.53 Å². The van der Waals surface area contributed by atoms with Crippen LogP contribution in [0.1, 0.15) is 20.8 Å². The van der Waals surface area contributed by atoms with Crippen LogP contribution in [-0.4, -0.2) is 62.3 Å². The van der Waals surface area contributed by atoms with Crippen molar-refractivity contribution >= 4 is 11.6 Å². The second-order valence-electron chi connectivity index (χ2n) is 6.13. The third-order valence-corrected chi connectivity index (χ3v) is 4.20. The van der Waals surface area contributed by atoms with Crippen LogP contribution in [0.2, 0.25) is 0 Å². The summed E-state index contributed by atoms with van der Waals surface area (Å²) in [4.78, 5) is 16.8. The maximum Gasteiger partial charge on any atom is 0.249 e. The quantitative estimate of drug-likeness (QED) is 0.831. The fraction of sp³-hybridized carbons (Fsp3) is 0.611. The molecule has 1 amide bonds. The summed E-state index contributed by atoms with van der Waals surface area (Å²) < 4.78 is 5.33. The number of nitrogens with zero attached hydrogens (tertiary/aromatic N) is 2. The SMILES string of the molecule is CCO[C@@H](C)C(=O)N[C@H](C)CN1CCN(c2ccccc2)CC1. The molecule has 1 aliphatic rings. The molecule has 0 aromatic heterocycles. The van der Waals surface area contributed by atoms with E-state index in [1.165, 1.54) is 5.69 Å². The Bertz CT molecular complexity index is 472. The Kier molecular flexibility index (Phi) is 6.86. The van der Waals surface area contributed by atoms with Crippen LogP contribution in [0.15, 0.2) is 30.3 Å². The van der Waals surface area contributed by atoms with Crippen LogP contribution in [0.3, 0.4) is 0 Å². The van der Waals surface area contributed by atoms with Gasteiger partial charge < -0.3 is 15.0 Å². The molecule has 0 unspecified atom stereocenters. The van der Waals surface area contributed by atoms with E-state index in [0.29, 0.717) is 6.61 Å². The van der Waals surface area contributed by atoms with Crippen LogP contribution < -0.4 is 10.2 Å². The van der Waals surface area contributed by atoms with Gasteiger partial charge in [-0.3, -0.25) is 9.69 Å². The Balaban J connectivity index is 1.72. The fourth-order valence-electron chi connectivity index (χ4n) is 2.95. The summed E-state index contributed by atoms with van der Waals surface area (Å²) >= 11 is 0. The molecule has 0 aliphatic carbocycles. The number of ether oxygens (including phenoxy) is 1. The van der Waals surface area contributed by atoms with Gasteiger partial charge >= 0.3 is 0 Å². The number of carbonyl (C=O) groups excluding carboxylic acids is 1. The minimum Gasteiger partial charge on any atom is -0.369 e. The van der Waals surface area contributed by atoms with Crippen molar-refractivity contribution in [2.45, 2.75) is 32.9 Å². The number of hydrogen-bond donors (Lipinski definition) is 1. The monoisotopic (exact) mass is 319 g/mol. The lowest BCUT2D eigenvalue weighted by molar-refractivity contribution is -0.132. The minimum absolute atomic E-state index is 0.0257. The van der Waals surface area contributed by atoms with E-state index in [4.69, 9.17) is 4.74 Å². The molecule has 1 aromatic rings. The fourth-order valence-corrected chi connectivity index (χ4v) is 2.95. The van der Waals surface area contributed by atoms with Gasteiger partial charge in [0.1, 0.15) is 6.10 Å². The minimum atomic E-state index is -0.377. The van der Waals surface area contributed by atoms with Gasteiger partial charge in [-0.05, 0) is 32.9 Å². The van der Waals surface area contributed by atoms with Crippen LogP contribution in [0.5, 0.6) is 0 Å². The van der Waals surface area contributed by atoms with Crippen LogP contribution >= 0.6 is 0 Å². The number of piperazine rings is 1. The zero-order valence-corrected chi connectivity index (χ0v) is 14.5. The predicted molar refractivity (Wildman–Crippen MR) is 93.8 cm³/mol. The van der Waals surface area contributed by atoms with Gasteiger partial charge in [0.05, 0.1) is 0 Å². The molecular weight excluding hydrogens is 290 g/mol. The Morgan fingerprint density at radius 1 is 1.17 bits per heavy atom. The highest BCUT2D eigenvalue weighted by Gasteiger charge is 2.20. The number of para-hydroxylation sites is 1. The number of amides is 1. The smallest absolute Gasteiger partial charge is 0.249 e. The van der Waals surface area contributed by atoms with E-state index in [2.05, 4.69) is 46.3 Å². The summed E-state index contributed by atoms with van der Waals surface area (Å²) in [6.07, 6.45) is -0.377. The summed E-state index contributed by atoms with van der Waals surface area (Å²) in [5, 5.41) is 3.04. The van der Waals surface area contributed by atoms with Crippen molar-refractivity contribution in [3.05, 3.63) is 30.3 Å². The van der Waals surface area contributed by atoms with Gasteiger partial charge in [0.15, 0.2) is 0 Å². The summed E-state index contributed by atoms with van der Waals surface area (Å²) in [6, 6.07) is 10.7. The molecule has 0 saturated carbocycles.